The van der Waals surface area contributed by atoms with Crippen LogP contribution in [-0.4, -0.2) is 21.6 Å². The van der Waals surface area contributed by atoms with Crippen molar-refractivity contribution < 1.29 is 0 Å². The first kappa shape index (κ1) is 9.93. The Morgan fingerprint density at radius 1 is 1.22 bits per heavy atom. The molecule has 0 unspecified atom stereocenters. The number of nitrogens with zero attached hydrogens (tertiary/aromatic N) is 1. The molecule has 0 fully saturated rings. The monoisotopic (exact) mass is 227 g/mol. The van der Waals surface area contributed by atoms with E-state index < -0.39 is 14.0 Å². The van der Waals surface area contributed by atoms with Gasteiger partial charge in [-0.2, -0.15) is 0 Å². The lowest BCUT2D eigenvalue weighted by molar-refractivity contribution is 1.59. The minimum absolute atomic E-state index is 1.04. The van der Waals surface area contributed by atoms with Gasteiger partial charge in [-0.1, -0.05) is 19.6 Å². The minimum Gasteiger partial charge on any atom is -0.328 e. The van der Waals surface area contributed by atoms with Crippen LogP contribution in [0.25, 0.3) is 0 Å². The highest BCUT2D eigenvalue weighted by atomic mass is 79.9. The second-order valence-electron chi connectivity index (χ2n) is 3.53. The van der Waals surface area contributed by atoms with Gasteiger partial charge < -0.3 is 4.41 Å². The maximum absolute atomic E-state index is 4.71. The van der Waals surface area contributed by atoms with E-state index in [9.17, 15) is 0 Å². The lowest BCUT2D eigenvalue weighted by Crippen LogP contribution is -2.14. The molecule has 0 aromatic heterocycles. The van der Waals surface area contributed by atoms with Gasteiger partial charge in [0.05, 0.1) is 0 Å². The standard InChI is InChI=1S/C5H15BrNPSi/c1-8(2,6)7-9(3,4)5/h1-5H3. The molecule has 0 rings (SSSR count). The summed E-state index contributed by atoms with van der Waals surface area (Å²) in [6.07, 6.45) is 0. The van der Waals surface area contributed by atoms with Crippen LogP contribution in [0, 0.1) is 0 Å². The van der Waals surface area contributed by atoms with Crippen LogP contribution in [-0.2, 0) is 0 Å². The van der Waals surface area contributed by atoms with Crippen LogP contribution in [0.4, 0.5) is 0 Å². The van der Waals surface area contributed by atoms with Gasteiger partial charge in [-0.25, -0.2) is 0 Å². The molecule has 4 heteroatoms. The first-order chi connectivity index (χ1) is 3.71. The van der Waals surface area contributed by atoms with Gasteiger partial charge in [0.1, 0.15) is 0 Å². The van der Waals surface area contributed by atoms with E-state index in [1.165, 1.54) is 0 Å². The van der Waals surface area contributed by atoms with Gasteiger partial charge in [0.2, 0.25) is 0 Å². The van der Waals surface area contributed by atoms with Gasteiger partial charge in [-0.05, 0) is 28.8 Å². The molecule has 56 valence electrons. The summed E-state index contributed by atoms with van der Waals surface area (Å²) in [6, 6.07) is 0. The normalized spacial score (nSPS) is 13.6. The zero-order chi connectivity index (χ0) is 7.71. The quantitative estimate of drug-likeness (QED) is 0.480. The molecule has 9 heavy (non-hydrogen) atoms. The maximum atomic E-state index is 4.71. The average molecular weight is 228 g/mol. The van der Waals surface area contributed by atoms with E-state index in [2.05, 4.69) is 48.5 Å². The number of rotatable bonds is 1. The molecule has 0 heterocycles. The molecule has 0 amide bonds. The average Bonchev–Trinajstić information content (AvgIpc) is 1.14. The summed E-state index contributed by atoms with van der Waals surface area (Å²) in [5.74, 6) is -1.04. The fraction of sp³-hybridized carbons (Fsp3) is 1.00. The fourth-order valence-electron chi connectivity index (χ4n) is 0.713. The van der Waals surface area contributed by atoms with Crippen LogP contribution in [0.5, 0.6) is 0 Å². The lowest BCUT2D eigenvalue weighted by Gasteiger charge is -2.14. The third-order valence-electron chi connectivity index (χ3n) is 0.538. The van der Waals surface area contributed by atoms with Gasteiger partial charge in [0, 0.05) is 5.76 Å². The van der Waals surface area contributed by atoms with E-state index in [1.807, 2.05) is 0 Å². The predicted molar refractivity (Wildman–Crippen MR) is 53.5 cm³/mol. The summed E-state index contributed by atoms with van der Waals surface area (Å²) in [6.45, 7) is 11.2. The number of hydrogen-bond donors (Lipinski definition) is 0. The molecule has 0 saturated carbocycles. The Morgan fingerprint density at radius 3 is 1.56 bits per heavy atom. The summed E-state index contributed by atoms with van der Waals surface area (Å²) >= 11 is 3.59. The number of halogens is 1. The SMILES string of the molecule is C[Si](C)(C)N=P(C)(C)Br. The molecule has 0 spiro atoms. The van der Waals surface area contributed by atoms with Crippen molar-refractivity contribution in [2.24, 2.45) is 4.41 Å². The smallest absolute Gasteiger partial charge is 0.171 e. The van der Waals surface area contributed by atoms with Crippen LogP contribution in [0.2, 0.25) is 19.6 Å². The van der Waals surface area contributed by atoms with E-state index in [1.54, 1.807) is 0 Å². The van der Waals surface area contributed by atoms with E-state index >= 15 is 0 Å². The van der Waals surface area contributed by atoms with Crippen LogP contribution < -0.4 is 0 Å². The highest BCUT2D eigenvalue weighted by molar-refractivity contribution is 9.40. The Hall–Kier alpha value is 0.927. The topological polar surface area (TPSA) is 12.4 Å². The van der Waals surface area contributed by atoms with Crippen molar-refractivity contribution in [1.82, 2.24) is 0 Å². The molecule has 0 aromatic carbocycles. The maximum Gasteiger partial charge on any atom is 0.171 e. The Bertz CT molecular complexity index is 135. The van der Waals surface area contributed by atoms with E-state index in [4.69, 9.17) is 4.41 Å². The largest absolute Gasteiger partial charge is 0.328 e. The molecular weight excluding hydrogens is 213 g/mol. The summed E-state index contributed by atoms with van der Waals surface area (Å²) in [7, 11) is -1.17. The third kappa shape index (κ3) is 8.93. The van der Waals surface area contributed by atoms with Crippen molar-refractivity contribution in [1.29, 1.82) is 0 Å². The third-order valence-corrected chi connectivity index (χ3v) is 6.27. The summed E-state index contributed by atoms with van der Waals surface area (Å²) < 4.78 is 4.71. The van der Waals surface area contributed by atoms with E-state index in [0.29, 0.717) is 0 Å². The second kappa shape index (κ2) is 2.89. The molecule has 0 aliphatic heterocycles. The molecule has 0 radical (unpaired) electrons. The molecule has 0 saturated heterocycles. The zero-order valence-electron chi connectivity index (χ0n) is 6.77. The van der Waals surface area contributed by atoms with Crippen LogP contribution in [0.1, 0.15) is 0 Å². The van der Waals surface area contributed by atoms with Crippen molar-refractivity contribution in [3.63, 3.8) is 0 Å². The summed E-state index contributed by atoms with van der Waals surface area (Å²) in [5.41, 5.74) is 0. The van der Waals surface area contributed by atoms with E-state index in [-0.39, 0.29) is 0 Å². The van der Waals surface area contributed by atoms with Crippen LogP contribution >= 0.6 is 21.2 Å². The molecular formula is C5H15BrNPSi. The van der Waals surface area contributed by atoms with Crippen LogP contribution in [0.3, 0.4) is 0 Å². The molecule has 0 aliphatic rings. The molecule has 0 N–H and O–H groups in total. The molecule has 0 aromatic rings. The van der Waals surface area contributed by atoms with Gasteiger partial charge in [-0.15, -0.1) is 0 Å². The molecule has 0 aliphatic carbocycles. The summed E-state index contributed by atoms with van der Waals surface area (Å²) in [4.78, 5) is 0. The predicted octanol–water partition coefficient (Wildman–Crippen LogP) is 3.59. The minimum atomic E-state index is -1.17. The first-order valence-corrected chi connectivity index (χ1v) is 11.1. The Kier molecular flexibility index (Phi) is 3.19. The van der Waals surface area contributed by atoms with Gasteiger partial charge >= 0.3 is 0 Å². The second-order valence-corrected chi connectivity index (χ2v) is 16.4. The summed E-state index contributed by atoms with van der Waals surface area (Å²) in [5, 5.41) is 0. The Morgan fingerprint density at radius 2 is 1.56 bits per heavy atom. The Balaban J connectivity index is 4.32. The fourth-order valence-corrected chi connectivity index (χ4v) is 10.7. The van der Waals surface area contributed by atoms with Crippen molar-refractivity contribution >= 4 is 29.5 Å². The van der Waals surface area contributed by atoms with Gasteiger partial charge in [0.25, 0.3) is 0 Å². The van der Waals surface area contributed by atoms with Crippen LogP contribution in [0.15, 0.2) is 4.41 Å². The number of hydrogen-bond acceptors (Lipinski definition) is 1. The van der Waals surface area contributed by atoms with Gasteiger partial charge in [-0.3, -0.25) is 0 Å². The first-order valence-electron chi connectivity index (χ1n) is 2.99. The molecule has 0 atom stereocenters. The van der Waals surface area contributed by atoms with Crippen molar-refractivity contribution in [2.75, 3.05) is 13.3 Å². The van der Waals surface area contributed by atoms with Crippen molar-refractivity contribution in [3.8, 4) is 0 Å². The zero-order valence-corrected chi connectivity index (χ0v) is 10.3. The van der Waals surface area contributed by atoms with Crippen molar-refractivity contribution in [2.45, 2.75) is 19.6 Å². The van der Waals surface area contributed by atoms with Crippen molar-refractivity contribution in [3.05, 3.63) is 0 Å². The molecule has 0 bridgehead atoms. The van der Waals surface area contributed by atoms with E-state index in [0.717, 1.165) is 0 Å². The highest BCUT2D eigenvalue weighted by Gasteiger charge is 2.13. The lowest BCUT2D eigenvalue weighted by atomic mass is 11.8. The van der Waals surface area contributed by atoms with Gasteiger partial charge in [0.15, 0.2) is 8.24 Å². The molecule has 1 nitrogen and oxygen atoms in total. The Labute approximate surface area is 67.1 Å². The highest BCUT2D eigenvalue weighted by Crippen LogP contribution is 2.50.